The first-order chi connectivity index (χ1) is 16.6. The summed E-state index contributed by atoms with van der Waals surface area (Å²) in [5, 5.41) is 1.69. The van der Waals surface area contributed by atoms with Crippen molar-refractivity contribution >= 4 is 23.2 Å². The third-order valence-corrected chi connectivity index (χ3v) is 9.13. The Morgan fingerprint density at radius 3 is 2.35 bits per heavy atom. The molecule has 0 radical (unpaired) electrons. The van der Waals surface area contributed by atoms with Gasteiger partial charge in [0.15, 0.2) is 7.14 Å². The van der Waals surface area contributed by atoms with Crippen LogP contribution in [0, 0.1) is 6.92 Å². The third kappa shape index (κ3) is 3.35. The summed E-state index contributed by atoms with van der Waals surface area (Å²) >= 11 is 0. The maximum atomic E-state index is 14.8. The molecule has 1 unspecified atom stereocenters. The lowest BCUT2D eigenvalue weighted by molar-refractivity contribution is 0.463. The van der Waals surface area contributed by atoms with Gasteiger partial charge in [0.1, 0.15) is 11.2 Å². The Morgan fingerprint density at radius 1 is 0.676 bits per heavy atom. The zero-order valence-corrected chi connectivity index (χ0v) is 19.4. The van der Waals surface area contributed by atoms with Crippen LogP contribution in [0.3, 0.4) is 0 Å². The van der Waals surface area contributed by atoms with E-state index in [9.17, 15) is 4.57 Å². The largest absolute Gasteiger partial charge is 0.439 e. The van der Waals surface area contributed by atoms with Gasteiger partial charge in [0.25, 0.3) is 0 Å². The van der Waals surface area contributed by atoms with Crippen molar-refractivity contribution in [2.24, 2.45) is 0 Å². The van der Waals surface area contributed by atoms with Crippen LogP contribution in [0.1, 0.15) is 5.56 Å². The van der Waals surface area contributed by atoms with Crippen LogP contribution in [0.15, 0.2) is 109 Å². The predicted molar refractivity (Wildman–Crippen MR) is 137 cm³/mol. The first kappa shape index (κ1) is 20.6. The van der Waals surface area contributed by atoms with Crippen LogP contribution in [0.5, 0.6) is 11.6 Å². The fourth-order valence-corrected chi connectivity index (χ4v) is 7.57. The van der Waals surface area contributed by atoms with Crippen molar-refractivity contribution in [3.05, 3.63) is 115 Å². The van der Waals surface area contributed by atoms with Crippen molar-refractivity contribution in [2.75, 3.05) is 0 Å². The van der Waals surface area contributed by atoms with Crippen LogP contribution >= 0.6 is 7.14 Å². The van der Waals surface area contributed by atoms with E-state index in [2.05, 4.69) is 28.2 Å². The minimum absolute atomic E-state index is 0.541. The number of aromatic nitrogens is 2. The molecular weight excluding hydrogens is 439 g/mol. The van der Waals surface area contributed by atoms with Gasteiger partial charge in [-0.2, -0.15) is 0 Å². The van der Waals surface area contributed by atoms with Crippen LogP contribution in [0.25, 0.3) is 22.3 Å². The Kier molecular flexibility index (Phi) is 4.90. The van der Waals surface area contributed by atoms with Crippen molar-refractivity contribution in [1.82, 2.24) is 9.97 Å². The zero-order valence-electron chi connectivity index (χ0n) is 18.6. The van der Waals surface area contributed by atoms with Gasteiger partial charge in [-0.05, 0) is 71.1 Å². The van der Waals surface area contributed by atoms with Gasteiger partial charge in [0, 0.05) is 29.1 Å². The Labute approximate surface area is 198 Å². The average Bonchev–Trinajstić information content (AvgIpc) is 3.14. The van der Waals surface area contributed by atoms with Crippen molar-refractivity contribution in [1.29, 1.82) is 0 Å². The molecule has 2 aromatic heterocycles. The van der Waals surface area contributed by atoms with Crippen LogP contribution in [0.4, 0.5) is 0 Å². The van der Waals surface area contributed by atoms with Crippen molar-refractivity contribution in [3.63, 3.8) is 0 Å². The zero-order chi connectivity index (χ0) is 23.1. The molecule has 0 N–H and O–H groups in total. The van der Waals surface area contributed by atoms with E-state index in [0.717, 1.165) is 38.4 Å². The molecule has 0 saturated heterocycles. The smallest absolute Gasteiger partial charge is 0.219 e. The number of rotatable bonds is 4. The molecule has 6 rings (SSSR count). The summed E-state index contributed by atoms with van der Waals surface area (Å²) in [5.41, 5.74) is 5.65. The Hall–Kier alpha value is -4.01. The van der Waals surface area contributed by atoms with E-state index in [1.54, 1.807) is 12.4 Å². The van der Waals surface area contributed by atoms with Gasteiger partial charge < -0.3 is 9.30 Å². The number of nitrogens with zero attached hydrogens (tertiary/aromatic N) is 2. The molecule has 4 nitrogen and oxygen atoms in total. The van der Waals surface area contributed by atoms with Gasteiger partial charge in [0.05, 0.1) is 0 Å². The predicted octanol–water partition coefficient (Wildman–Crippen LogP) is 5.86. The summed E-state index contributed by atoms with van der Waals surface area (Å²) in [5.74, 6) is 1.24. The molecule has 5 aromatic rings. The number of benzene rings is 3. The van der Waals surface area contributed by atoms with Crippen LogP contribution < -0.4 is 20.8 Å². The molecule has 1 aliphatic rings. The van der Waals surface area contributed by atoms with E-state index in [-0.39, 0.29) is 0 Å². The molecule has 0 aliphatic carbocycles. The summed E-state index contributed by atoms with van der Waals surface area (Å²) < 4.78 is 20.7. The third-order valence-electron chi connectivity index (χ3n) is 6.12. The molecule has 34 heavy (non-hydrogen) atoms. The average molecular weight is 460 g/mol. The lowest BCUT2D eigenvalue weighted by Crippen LogP contribution is -2.23. The standard InChI is InChI=1S/C29H21N2O2P/c1-20-14-16-31-29(17-20)34(32)26-10-3-2-9-24(26)25-13-12-22(19-27(25)34)21-7-6-8-23(18-21)33-28-11-4-5-15-30-28/h2-19H,1H3. The number of ether oxygens (including phenoxy) is 1. The molecule has 0 saturated carbocycles. The summed E-state index contributed by atoms with van der Waals surface area (Å²) in [6.07, 6.45) is 3.45. The fourth-order valence-electron chi connectivity index (χ4n) is 4.51. The van der Waals surface area contributed by atoms with Gasteiger partial charge in [-0.25, -0.2) is 4.98 Å². The molecule has 3 heterocycles. The molecule has 164 valence electrons. The number of fused-ring (bicyclic) bond motifs is 3. The van der Waals surface area contributed by atoms with E-state index in [1.807, 2.05) is 85.8 Å². The minimum atomic E-state index is -3.10. The highest BCUT2D eigenvalue weighted by atomic mass is 31.2. The lowest BCUT2D eigenvalue weighted by atomic mass is 10.0. The molecule has 0 spiro atoms. The van der Waals surface area contributed by atoms with E-state index in [1.165, 1.54) is 0 Å². The SMILES string of the molecule is Cc1ccnc(P2(=O)c3ccccc3-c3ccc(-c4cccc(Oc5ccccn5)c4)cc32)c1. The van der Waals surface area contributed by atoms with E-state index in [0.29, 0.717) is 17.1 Å². The monoisotopic (exact) mass is 460 g/mol. The van der Waals surface area contributed by atoms with Gasteiger partial charge in [-0.1, -0.05) is 54.6 Å². The maximum absolute atomic E-state index is 14.8. The first-order valence-corrected chi connectivity index (χ1v) is 12.8. The second kappa shape index (κ2) is 8.09. The van der Waals surface area contributed by atoms with Crippen LogP contribution in [0.2, 0.25) is 0 Å². The summed E-state index contributed by atoms with van der Waals surface area (Å²) in [6.45, 7) is 2.00. The second-order valence-corrected chi connectivity index (χ2v) is 11.0. The molecule has 0 bridgehead atoms. The highest BCUT2D eigenvalue weighted by molar-refractivity contribution is 7.86. The molecule has 0 fully saturated rings. The Morgan fingerprint density at radius 2 is 1.50 bits per heavy atom. The minimum Gasteiger partial charge on any atom is -0.439 e. The first-order valence-electron chi connectivity index (χ1n) is 11.1. The topological polar surface area (TPSA) is 52.1 Å². The molecular formula is C29H21N2O2P. The summed E-state index contributed by atoms with van der Waals surface area (Å²) in [4.78, 5) is 8.80. The maximum Gasteiger partial charge on any atom is 0.219 e. The molecule has 5 heteroatoms. The number of aryl methyl sites for hydroxylation is 1. The van der Waals surface area contributed by atoms with Gasteiger partial charge >= 0.3 is 0 Å². The van der Waals surface area contributed by atoms with Crippen LogP contribution in [-0.4, -0.2) is 9.97 Å². The van der Waals surface area contributed by atoms with E-state index >= 15 is 0 Å². The number of hydrogen-bond acceptors (Lipinski definition) is 4. The highest BCUT2D eigenvalue weighted by Crippen LogP contribution is 2.52. The summed E-state index contributed by atoms with van der Waals surface area (Å²) in [6, 6.07) is 31.5. The Balaban J connectivity index is 1.48. The number of hydrogen-bond donors (Lipinski definition) is 0. The Bertz CT molecular complexity index is 1580. The van der Waals surface area contributed by atoms with Crippen LogP contribution in [-0.2, 0) is 4.57 Å². The highest BCUT2D eigenvalue weighted by Gasteiger charge is 2.41. The molecule has 3 aromatic carbocycles. The van der Waals surface area contributed by atoms with E-state index in [4.69, 9.17) is 4.74 Å². The molecule has 0 amide bonds. The van der Waals surface area contributed by atoms with Crippen molar-refractivity contribution in [3.8, 4) is 33.9 Å². The lowest BCUT2D eigenvalue weighted by Gasteiger charge is -2.16. The normalized spacial score (nSPS) is 16.0. The summed E-state index contributed by atoms with van der Waals surface area (Å²) in [7, 11) is -3.10. The van der Waals surface area contributed by atoms with Gasteiger partial charge in [0.2, 0.25) is 5.88 Å². The van der Waals surface area contributed by atoms with Gasteiger partial charge in [-0.3, -0.25) is 4.98 Å². The van der Waals surface area contributed by atoms with Crippen molar-refractivity contribution < 1.29 is 9.30 Å². The quantitative estimate of drug-likeness (QED) is 0.309. The van der Waals surface area contributed by atoms with Gasteiger partial charge in [-0.15, -0.1) is 0 Å². The molecule has 1 atom stereocenters. The second-order valence-electron chi connectivity index (χ2n) is 8.35. The molecule has 1 aliphatic heterocycles. The fraction of sp³-hybridized carbons (Fsp3) is 0.0345. The number of pyridine rings is 2. The van der Waals surface area contributed by atoms with E-state index < -0.39 is 7.14 Å². The van der Waals surface area contributed by atoms with Crippen molar-refractivity contribution in [2.45, 2.75) is 6.92 Å².